The molecule has 0 fully saturated rings. The van der Waals surface area contributed by atoms with Crippen molar-refractivity contribution in [1.82, 2.24) is 4.83 Å². The van der Waals surface area contributed by atoms with Crippen LogP contribution < -0.4 is 4.83 Å². The van der Waals surface area contributed by atoms with Crippen LogP contribution in [-0.4, -0.2) is 22.6 Å². The van der Waals surface area contributed by atoms with Gasteiger partial charge in [-0.2, -0.15) is 5.10 Å². The summed E-state index contributed by atoms with van der Waals surface area (Å²) in [4.78, 5) is 15.3. The molecule has 0 aliphatic rings. The number of esters is 1. The van der Waals surface area contributed by atoms with Crippen molar-refractivity contribution in [2.75, 3.05) is 6.61 Å². The minimum absolute atomic E-state index is 0.207. The number of hydrogen-bond donors (Lipinski definition) is 1. The van der Waals surface area contributed by atoms with Gasteiger partial charge in [-0.05, 0) is 32.9 Å². The fourth-order valence-electron chi connectivity index (χ4n) is 1.19. The molecule has 0 aromatic heterocycles. The van der Waals surface area contributed by atoms with Crippen LogP contribution in [-0.2, 0) is 9.53 Å². The smallest absolute Gasteiger partial charge is 0.348 e. The van der Waals surface area contributed by atoms with Crippen LogP contribution in [0.4, 0.5) is 0 Å². The van der Waals surface area contributed by atoms with Gasteiger partial charge in [-0.25, -0.2) is 9.63 Å². The zero-order chi connectivity index (χ0) is 15.2. The second-order valence-electron chi connectivity index (χ2n) is 4.00. The Balaban J connectivity index is 2.60. The average molecular weight is 335 g/mol. The molecule has 20 heavy (non-hydrogen) atoms. The molecule has 0 amide bonds. The Morgan fingerprint density at radius 2 is 2.00 bits per heavy atom. The third-order valence-electron chi connectivity index (χ3n) is 2.38. The van der Waals surface area contributed by atoms with Gasteiger partial charge in [0.05, 0.1) is 12.3 Å². The van der Waals surface area contributed by atoms with E-state index in [-0.39, 0.29) is 12.3 Å². The summed E-state index contributed by atoms with van der Waals surface area (Å²) in [5.41, 5.74) is 1.40. The number of carbonyl (C=O) groups is 1. The SMILES string of the molecule is CCOC(=O)C(Cl)(Cl)/C(C)=N/NSc1ccc(C)cc1. The Kier molecular flexibility index (Phi) is 6.65. The molecule has 1 aromatic carbocycles. The molecule has 1 rings (SSSR count). The minimum atomic E-state index is -1.78. The number of hydrogen-bond acceptors (Lipinski definition) is 5. The molecule has 110 valence electrons. The number of rotatable bonds is 6. The number of hydrazone groups is 1. The Hall–Kier alpha value is -0.910. The molecule has 0 radical (unpaired) electrons. The molecule has 7 heteroatoms. The minimum Gasteiger partial charge on any atom is -0.463 e. The Bertz CT molecular complexity index is 490. The van der Waals surface area contributed by atoms with E-state index in [1.54, 1.807) is 13.8 Å². The first kappa shape index (κ1) is 17.1. The standard InChI is InChI=1S/C13H16Cl2N2O2S/c1-4-19-12(18)13(14,15)10(3)16-17-20-11-7-5-9(2)6-8-11/h5-8,17H,4H2,1-3H3/b16-10+. The van der Waals surface area contributed by atoms with Crippen LogP contribution >= 0.6 is 35.1 Å². The lowest BCUT2D eigenvalue weighted by Gasteiger charge is -2.17. The number of nitrogens with zero attached hydrogens (tertiary/aromatic N) is 1. The molecule has 1 N–H and O–H groups in total. The van der Waals surface area contributed by atoms with Crippen molar-refractivity contribution in [2.45, 2.75) is 30.0 Å². The molecule has 0 heterocycles. The third-order valence-corrected chi connectivity index (χ3v) is 3.93. The summed E-state index contributed by atoms with van der Waals surface area (Å²) in [6.45, 7) is 5.46. The Morgan fingerprint density at radius 1 is 1.40 bits per heavy atom. The van der Waals surface area contributed by atoms with E-state index >= 15 is 0 Å². The molecule has 0 saturated carbocycles. The summed E-state index contributed by atoms with van der Waals surface area (Å²) >= 11 is 13.2. The van der Waals surface area contributed by atoms with E-state index in [0.717, 1.165) is 4.90 Å². The van der Waals surface area contributed by atoms with Crippen LogP contribution in [0.15, 0.2) is 34.3 Å². The lowest BCUT2D eigenvalue weighted by atomic mass is 10.2. The number of alkyl halides is 2. The van der Waals surface area contributed by atoms with Crippen LogP contribution in [0.1, 0.15) is 19.4 Å². The number of aryl methyl sites for hydroxylation is 1. The summed E-state index contributed by atoms with van der Waals surface area (Å²) < 4.78 is 3.01. The van der Waals surface area contributed by atoms with Crippen molar-refractivity contribution in [3.05, 3.63) is 29.8 Å². The molecule has 0 unspecified atom stereocenters. The topological polar surface area (TPSA) is 50.7 Å². The van der Waals surface area contributed by atoms with Gasteiger partial charge in [0.1, 0.15) is 0 Å². The highest BCUT2D eigenvalue weighted by Crippen LogP contribution is 2.25. The van der Waals surface area contributed by atoms with E-state index in [1.165, 1.54) is 17.5 Å². The lowest BCUT2D eigenvalue weighted by Crippen LogP contribution is -2.36. The number of nitrogens with one attached hydrogen (secondary N) is 1. The Morgan fingerprint density at radius 3 is 2.55 bits per heavy atom. The molecule has 0 aliphatic carbocycles. The lowest BCUT2D eigenvalue weighted by molar-refractivity contribution is -0.142. The van der Waals surface area contributed by atoms with Gasteiger partial charge in [0.2, 0.25) is 0 Å². The van der Waals surface area contributed by atoms with E-state index in [2.05, 4.69) is 9.93 Å². The molecule has 0 atom stereocenters. The summed E-state index contributed by atoms with van der Waals surface area (Å²) in [6.07, 6.45) is 0. The number of halogens is 2. The van der Waals surface area contributed by atoms with Crippen molar-refractivity contribution in [1.29, 1.82) is 0 Å². The van der Waals surface area contributed by atoms with Crippen LogP contribution in [0.3, 0.4) is 0 Å². The van der Waals surface area contributed by atoms with Gasteiger partial charge in [-0.15, -0.1) is 0 Å². The number of carbonyl (C=O) groups excluding carboxylic acids is 1. The van der Waals surface area contributed by atoms with Gasteiger partial charge >= 0.3 is 5.97 Å². The normalized spacial score (nSPS) is 12.2. The summed E-state index contributed by atoms with van der Waals surface area (Å²) in [7, 11) is 0. The van der Waals surface area contributed by atoms with Crippen molar-refractivity contribution >= 4 is 46.8 Å². The number of ether oxygens (including phenoxy) is 1. The fourth-order valence-corrected chi connectivity index (χ4v) is 1.94. The van der Waals surface area contributed by atoms with E-state index in [9.17, 15) is 4.79 Å². The first-order chi connectivity index (χ1) is 9.37. The summed E-state index contributed by atoms with van der Waals surface area (Å²) in [5.74, 6) is -0.730. The van der Waals surface area contributed by atoms with Gasteiger partial charge in [-0.1, -0.05) is 40.9 Å². The van der Waals surface area contributed by atoms with Crippen molar-refractivity contribution < 1.29 is 9.53 Å². The zero-order valence-corrected chi connectivity index (χ0v) is 13.8. The van der Waals surface area contributed by atoms with Gasteiger partial charge in [0.25, 0.3) is 4.33 Å². The molecule has 4 nitrogen and oxygen atoms in total. The fraction of sp³-hybridized carbons (Fsp3) is 0.385. The second kappa shape index (κ2) is 7.76. The summed E-state index contributed by atoms with van der Waals surface area (Å²) in [5, 5.41) is 3.98. The van der Waals surface area contributed by atoms with Gasteiger partial charge in [0.15, 0.2) is 0 Å². The maximum atomic E-state index is 11.6. The maximum absolute atomic E-state index is 11.6. The van der Waals surface area contributed by atoms with E-state index in [0.29, 0.717) is 0 Å². The van der Waals surface area contributed by atoms with Crippen LogP contribution in [0, 0.1) is 6.92 Å². The molecular weight excluding hydrogens is 319 g/mol. The molecule has 0 bridgehead atoms. The Labute approximate surface area is 133 Å². The second-order valence-corrected chi connectivity index (χ2v) is 6.18. The molecule has 0 spiro atoms. The quantitative estimate of drug-likeness (QED) is 0.283. The highest BCUT2D eigenvalue weighted by atomic mass is 35.5. The first-order valence-corrected chi connectivity index (χ1v) is 7.53. The molecule has 1 aromatic rings. The van der Waals surface area contributed by atoms with Crippen LogP contribution in [0.5, 0.6) is 0 Å². The third kappa shape index (κ3) is 4.89. The summed E-state index contributed by atoms with van der Waals surface area (Å²) in [6, 6.07) is 7.90. The van der Waals surface area contributed by atoms with E-state index < -0.39 is 10.3 Å². The predicted molar refractivity (Wildman–Crippen MR) is 84.4 cm³/mol. The molecular formula is C13H16Cl2N2O2S. The van der Waals surface area contributed by atoms with Gasteiger partial charge < -0.3 is 4.74 Å². The van der Waals surface area contributed by atoms with Crippen molar-refractivity contribution in [3.8, 4) is 0 Å². The number of benzene rings is 1. The first-order valence-electron chi connectivity index (χ1n) is 5.96. The van der Waals surface area contributed by atoms with E-state index in [4.69, 9.17) is 27.9 Å². The maximum Gasteiger partial charge on any atom is 0.348 e. The average Bonchev–Trinajstić information content (AvgIpc) is 2.41. The van der Waals surface area contributed by atoms with Crippen LogP contribution in [0.2, 0.25) is 0 Å². The zero-order valence-electron chi connectivity index (χ0n) is 11.4. The molecule has 0 saturated heterocycles. The molecule has 0 aliphatic heterocycles. The van der Waals surface area contributed by atoms with Crippen LogP contribution in [0.25, 0.3) is 0 Å². The van der Waals surface area contributed by atoms with Gasteiger partial charge in [0, 0.05) is 16.8 Å². The van der Waals surface area contributed by atoms with Crippen molar-refractivity contribution in [3.63, 3.8) is 0 Å². The monoisotopic (exact) mass is 334 g/mol. The van der Waals surface area contributed by atoms with E-state index in [1.807, 2.05) is 31.2 Å². The highest BCUT2D eigenvalue weighted by Gasteiger charge is 2.39. The predicted octanol–water partition coefficient (Wildman–Crippen LogP) is 3.70. The van der Waals surface area contributed by atoms with Gasteiger partial charge in [-0.3, -0.25) is 0 Å². The highest BCUT2D eigenvalue weighted by molar-refractivity contribution is 7.97. The largest absolute Gasteiger partial charge is 0.463 e. The van der Waals surface area contributed by atoms with Crippen molar-refractivity contribution in [2.24, 2.45) is 5.10 Å².